The first-order chi connectivity index (χ1) is 8.24. The Labute approximate surface area is 106 Å². The highest BCUT2D eigenvalue weighted by Gasteiger charge is 2.10. The second-order valence-corrected chi connectivity index (χ2v) is 5.38. The van der Waals surface area contributed by atoms with Crippen LogP contribution in [0.4, 0.5) is 0 Å². The van der Waals surface area contributed by atoms with Crippen LogP contribution in [0.1, 0.15) is 31.3 Å². The lowest BCUT2D eigenvalue weighted by Crippen LogP contribution is -2.28. The van der Waals surface area contributed by atoms with Crippen LogP contribution in [-0.2, 0) is 12.8 Å². The molecule has 0 fully saturated rings. The average Bonchev–Trinajstić information content (AvgIpc) is 2.73. The van der Waals surface area contributed by atoms with Crippen LogP contribution in [-0.4, -0.2) is 22.6 Å². The fourth-order valence-corrected chi connectivity index (χ4v) is 2.96. The van der Waals surface area contributed by atoms with Gasteiger partial charge in [-0.25, -0.2) is 9.97 Å². The Kier molecular flexibility index (Phi) is 4.07. The molecule has 2 aromatic rings. The average molecular weight is 249 g/mol. The molecule has 2 aromatic heterocycles. The summed E-state index contributed by atoms with van der Waals surface area (Å²) >= 11 is 1.78. The van der Waals surface area contributed by atoms with Crippen molar-refractivity contribution in [1.82, 2.24) is 15.3 Å². The molecule has 2 heterocycles. The molecule has 92 valence electrons. The SMILES string of the molecule is CCNC(C)Cc1ncnc2sc(CC)cc12. The van der Waals surface area contributed by atoms with Gasteiger partial charge in [-0.2, -0.15) is 0 Å². The molecule has 17 heavy (non-hydrogen) atoms. The van der Waals surface area contributed by atoms with Gasteiger partial charge in [0.25, 0.3) is 0 Å². The van der Waals surface area contributed by atoms with Crippen LogP contribution in [0.3, 0.4) is 0 Å². The highest BCUT2D eigenvalue weighted by atomic mass is 32.1. The van der Waals surface area contributed by atoms with Crippen LogP contribution in [0, 0.1) is 0 Å². The van der Waals surface area contributed by atoms with Gasteiger partial charge in [0.05, 0.1) is 5.69 Å². The highest BCUT2D eigenvalue weighted by molar-refractivity contribution is 7.18. The summed E-state index contributed by atoms with van der Waals surface area (Å²) in [6, 6.07) is 2.71. The van der Waals surface area contributed by atoms with Crippen molar-refractivity contribution in [2.24, 2.45) is 0 Å². The summed E-state index contributed by atoms with van der Waals surface area (Å²) in [6.45, 7) is 7.51. The van der Waals surface area contributed by atoms with Crippen molar-refractivity contribution in [3.05, 3.63) is 23.0 Å². The smallest absolute Gasteiger partial charge is 0.127 e. The maximum absolute atomic E-state index is 4.43. The van der Waals surface area contributed by atoms with Crippen molar-refractivity contribution in [1.29, 1.82) is 0 Å². The monoisotopic (exact) mass is 249 g/mol. The Hall–Kier alpha value is -1.00. The Morgan fingerprint density at radius 3 is 2.88 bits per heavy atom. The van der Waals surface area contributed by atoms with Gasteiger partial charge < -0.3 is 5.32 Å². The number of aryl methyl sites for hydroxylation is 1. The largest absolute Gasteiger partial charge is 0.314 e. The molecule has 0 spiro atoms. The first-order valence-electron chi connectivity index (χ1n) is 6.20. The minimum atomic E-state index is 0.461. The van der Waals surface area contributed by atoms with E-state index in [1.165, 1.54) is 16.0 Å². The van der Waals surface area contributed by atoms with Gasteiger partial charge in [-0.3, -0.25) is 0 Å². The summed E-state index contributed by atoms with van der Waals surface area (Å²) in [7, 11) is 0. The van der Waals surface area contributed by atoms with Gasteiger partial charge in [-0.15, -0.1) is 11.3 Å². The molecule has 2 rings (SSSR count). The number of rotatable bonds is 5. The van der Waals surface area contributed by atoms with Crippen LogP contribution in [0.2, 0.25) is 0 Å². The Morgan fingerprint density at radius 2 is 2.18 bits per heavy atom. The molecule has 0 saturated heterocycles. The van der Waals surface area contributed by atoms with Crippen molar-refractivity contribution in [2.75, 3.05) is 6.54 Å². The summed E-state index contributed by atoms with van der Waals surface area (Å²) in [5.74, 6) is 0. The molecular formula is C13H19N3S. The van der Waals surface area contributed by atoms with E-state index < -0.39 is 0 Å². The van der Waals surface area contributed by atoms with E-state index in [0.29, 0.717) is 6.04 Å². The predicted octanol–water partition coefficient (Wildman–Crippen LogP) is 2.79. The van der Waals surface area contributed by atoms with E-state index in [2.05, 4.69) is 42.1 Å². The van der Waals surface area contributed by atoms with E-state index in [0.717, 1.165) is 24.2 Å². The number of likely N-dealkylation sites (N-methyl/N-ethyl adjacent to an activating group) is 1. The molecule has 0 aromatic carbocycles. The van der Waals surface area contributed by atoms with E-state index >= 15 is 0 Å². The third-order valence-electron chi connectivity index (χ3n) is 2.86. The Bertz CT molecular complexity index is 492. The minimum Gasteiger partial charge on any atom is -0.314 e. The maximum atomic E-state index is 4.43. The summed E-state index contributed by atoms with van der Waals surface area (Å²) in [6.07, 6.45) is 3.72. The van der Waals surface area contributed by atoms with Gasteiger partial charge in [0.15, 0.2) is 0 Å². The molecular weight excluding hydrogens is 230 g/mol. The Balaban J connectivity index is 2.30. The van der Waals surface area contributed by atoms with Crippen molar-refractivity contribution >= 4 is 21.6 Å². The topological polar surface area (TPSA) is 37.8 Å². The number of hydrogen-bond donors (Lipinski definition) is 1. The second kappa shape index (κ2) is 5.56. The van der Waals surface area contributed by atoms with Crippen LogP contribution < -0.4 is 5.32 Å². The van der Waals surface area contributed by atoms with Crippen LogP contribution in [0.15, 0.2) is 12.4 Å². The quantitative estimate of drug-likeness (QED) is 0.885. The van der Waals surface area contributed by atoms with E-state index in [1.54, 1.807) is 17.7 Å². The van der Waals surface area contributed by atoms with Crippen LogP contribution in [0.5, 0.6) is 0 Å². The second-order valence-electron chi connectivity index (χ2n) is 4.27. The normalized spacial score (nSPS) is 13.1. The summed E-state index contributed by atoms with van der Waals surface area (Å²) in [4.78, 5) is 11.3. The van der Waals surface area contributed by atoms with Gasteiger partial charge in [0.1, 0.15) is 11.2 Å². The molecule has 1 unspecified atom stereocenters. The standard InChI is InChI=1S/C13H19N3S/c1-4-10-7-11-12(6-9(3)14-5-2)15-8-16-13(11)17-10/h7-9,14H,4-6H2,1-3H3. The lowest BCUT2D eigenvalue weighted by molar-refractivity contribution is 0.561. The lowest BCUT2D eigenvalue weighted by atomic mass is 10.1. The summed E-state index contributed by atoms with van der Waals surface area (Å²) < 4.78 is 0. The molecule has 0 radical (unpaired) electrons. The number of nitrogens with zero attached hydrogens (tertiary/aromatic N) is 2. The number of nitrogens with one attached hydrogen (secondary N) is 1. The van der Waals surface area contributed by atoms with E-state index in [4.69, 9.17) is 0 Å². The minimum absolute atomic E-state index is 0.461. The fraction of sp³-hybridized carbons (Fsp3) is 0.538. The number of aromatic nitrogens is 2. The zero-order valence-electron chi connectivity index (χ0n) is 10.7. The molecule has 3 nitrogen and oxygen atoms in total. The number of hydrogen-bond acceptors (Lipinski definition) is 4. The molecule has 0 aliphatic rings. The summed E-state index contributed by atoms with van der Waals surface area (Å²) in [5.41, 5.74) is 1.17. The van der Waals surface area contributed by atoms with Crippen molar-refractivity contribution in [2.45, 2.75) is 39.7 Å². The molecule has 0 aliphatic carbocycles. The molecule has 0 amide bonds. The Morgan fingerprint density at radius 1 is 1.35 bits per heavy atom. The molecule has 0 bridgehead atoms. The van der Waals surface area contributed by atoms with E-state index in [-0.39, 0.29) is 0 Å². The zero-order valence-corrected chi connectivity index (χ0v) is 11.5. The maximum Gasteiger partial charge on any atom is 0.127 e. The highest BCUT2D eigenvalue weighted by Crippen LogP contribution is 2.26. The van der Waals surface area contributed by atoms with E-state index in [9.17, 15) is 0 Å². The van der Waals surface area contributed by atoms with Crippen molar-refractivity contribution in [3.63, 3.8) is 0 Å². The van der Waals surface area contributed by atoms with Gasteiger partial charge >= 0.3 is 0 Å². The van der Waals surface area contributed by atoms with Crippen molar-refractivity contribution < 1.29 is 0 Å². The molecule has 1 atom stereocenters. The third-order valence-corrected chi connectivity index (χ3v) is 4.05. The van der Waals surface area contributed by atoms with Gasteiger partial charge in [0, 0.05) is 22.7 Å². The van der Waals surface area contributed by atoms with Crippen LogP contribution >= 0.6 is 11.3 Å². The molecule has 4 heteroatoms. The van der Waals surface area contributed by atoms with Gasteiger partial charge in [-0.05, 0) is 26.0 Å². The molecule has 0 saturated carbocycles. The first-order valence-corrected chi connectivity index (χ1v) is 7.01. The van der Waals surface area contributed by atoms with Gasteiger partial charge in [0.2, 0.25) is 0 Å². The zero-order chi connectivity index (χ0) is 12.3. The molecule has 0 aliphatic heterocycles. The lowest BCUT2D eigenvalue weighted by Gasteiger charge is -2.11. The number of thiophene rings is 1. The van der Waals surface area contributed by atoms with Crippen molar-refractivity contribution in [3.8, 4) is 0 Å². The molecule has 1 N–H and O–H groups in total. The third kappa shape index (κ3) is 2.82. The number of fused-ring (bicyclic) bond motifs is 1. The fourth-order valence-electron chi connectivity index (χ4n) is 2.00. The van der Waals surface area contributed by atoms with Gasteiger partial charge in [-0.1, -0.05) is 13.8 Å². The summed E-state index contributed by atoms with van der Waals surface area (Å²) in [5, 5.41) is 4.66. The first kappa shape index (κ1) is 12.5. The van der Waals surface area contributed by atoms with Crippen LogP contribution in [0.25, 0.3) is 10.2 Å². The van der Waals surface area contributed by atoms with E-state index in [1.807, 2.05) is 0 Å². The predicted molar refractivity (Wildman–Crippen MR) is 73.6 cm³/mol.